The Balaban J connectivity index is 1.91. The average Bonchev–Trinajstić information content (AvgIpc) is 2.99. The van der Waals surface area contributed by atoms with E-state index in [1.165, 1.54) is 13.4 Å². The number of rotatable bonds is 3. The standard InChI is InChI=1S/C14H19NO4/c1-15(13(16)12-4-3-9-19-12)11-7-5-10(6-8-11)14(17)18-2/h3-4,9-11H,5-8H2,1-2H3. The first-order valence-electron chi connectivity index (χ1n) is 6.52. The quantitative estimate of drug-likeness (QED) is 0.785. The highest BCUT2D eigenvalue weighted by Gasteiger charge is 2.31. The van der Waals surface area contributed by atoms with Crippen molar-refractivity contribution in [3.63, 3.8) is 0 Å². The van der Waals surface area contributed by atoms with Crippen molar-refractivity contribution in [2.45, 2.75) is 31.7 Å². The number of hydrogen-bond donors (Lipinski definition) is 0. The number of nitrogens with zero attached hydrogens (tertiary/aromatic N) is 1. The average molecular weight is 265 g/mol. The van der Waals surface area contributed by atoms with Gasteiger partial charge in [0.25, 0.3) is 5.91 Å². The van der Waals surface area contributed by atoms with Gasteiger partial charge >= 0.3 is 5.97 Å². The summed E-state index contributed by atoms with van der Waals surface area (Å²) in [6, 6.07) is 3.53. The fraction of sp³-hybridized carbons (Fsp3) is 0.571. The molecule has 0 unspecified atom stereocenters. The molecule has 0 radical (unpaired) electrons. The normalized spacial score (nSPS) is 22.8. The van der Waals surface area contributed by atoms with Crippen molar-refractivity contribution in [3.05, 3.63) is 24.2 Å². The number of carbonyl (C=O) groups is 2. The van der Waals surface area contributed by atoms with Gasteiger partial charge in [0.2, 0.25) is 0 Å². The van der Waals surface area contributed by atoms with Crippen LogP contribution < -0.4 is 0 Å². The molecule has 0 aromatic carbocycles. The highest BCUT2D eigenvalue weighted by Crippen LogP contribution is 2.28. The van der Waals surface area contributed by atoms with Crippen LogP contribution in [0.1, 0.15) is 36.2 Å². The Hall–Kier alpha value is -1.78. The number of amides is 1. The summed E-state index contributed by atoms with van der Waals surface area (Å²) in [7, 11) is 3.20. The molecule has 1 aromatic rings. The van der Waals surface area contributed by atoms with Crippen LogP contribution in [0.2, 0.25) is 0 Å². The zero-order valence-corrected chi connectivity index (χ0v) is 11.3. The zero-order chi connectivity index (χ0) is 13.8. The van der Waals surface area contributed by atoms with Crippen LogP contribution in [0, 0.1) is 5.92 Å². The molecule has 1 aliphatic carbocycles. The fourth-order valence-electron chi connectivity index (χ4n) is 2.61. The maximum Gasteiger partial charge on any atom is 0.308 e. The molecule has 5 nitrogen and oxygen atoms in total. The first kappa shape index (κ1) is 13.6. The number of hydrogen-bond acceptors (Lipinski definition) is 4. The first-order valence-corrected chi connectivity index (χ1v) is 6.52. The van der Waals surface area contributed by atoms with Gasteiger partial charge in [-0.3, -0.25) is 9.59 Å². The van der Waals surface area contributed by atoms with Crippen molar-refractivity contribution >= 4 is 11.9 Å². The van der Waals surface area contributed by atoms with E-state index >= 15 is 0 Å². The van der Waals surface area contributed by atoms with Gasteiger partial charge in [0.1, 0.15) is 0 Å². The number of carbonyl (C=O) groups excluding carboxylic acids is 2. The van der Waals surface area contributed by atoms with Gasteiger partial charge in [-0.1, -0.05) is 0 Å². The molecule has 0 atom stereocenters. The summed E-state index contributed by atoms with van der Waals surface area (Å²) in [5, 5.41) is 0. The minimum atomic E-state index is -0.140. The minimum absolute atomic E-state index is 0.0200. The van der Waals surface area contributed by atoms with Gasteiger partial charge in [-0.2, -0.15) is 0 Å². The Labute approximate surface area is 112 Å². The summed E-state index contributed by atoms with van der Waals surface area (Å²) in [5.74, 6) is 0.0935. The molecule has 0 N–H and O–H groups in total. The molecule has 1 aromatic heterocycles. The first-order chi connectivity index (χ1) is 9.13. The molecule has 0 bridgehead atoms. The molecule has 1 amide bonds. The van der Waals surface area contributed by atoms with Crippen LogP contribution in [0.3, 0.4) is 0 Å². The summed E-state index contributed by atoms with van der Waals surface area (Å²) in [6.45, 7) is 0. The third-order valence-electron chi connectivity index (χ3n) is 3.83. The van der Waals surface area contributed by atoms with E-state index in [0.717, 1.165) is 25.7 Å². The molecule has 1 saturated carbocycles. The van der Waals surface area contributed by atoms with E-state index in [2.05, 4.69) is 0 Å². The summed E-state index contributed by atoms with van der Waals surface area (Å²) >= 11 is 0. The van der Waals surface area contributed by atoms with Gasteiger partial charge in [0, 0.05) is 13.1 Å². The second-order valence-corrected chi connectivity index (χ2v) is 4.92. The molecular formula is C14H19NO4. The van der Waals surface area contributed by atoms with Crippen molar-refractivity contribution in [2.75, 3.05) is 14.2 Å². The van der Waals surface area contributed by atoms with Crippen LogP contribution in [-0.4, -0.2) is 37.0 Å². The van der Waals surface area contributed by atoms with Gasteiger partial charge < -0.3 is 14.1 Å². The molecule has 104 valence electrons. The maximum absolute atomic E-state index is 12.1. The molecule has 1 aliphatic rings. The van der Waals surface area contributed by atoms with Crippen LogP contribution in [0.4, 0.5) is 0 Å². The van der Waals surface area contributed by atoms with Gasteiger partial charge in [-0.15, -0.1) is 0 Å². The molecule has 2 rings (SSSR count). The van der Waals surface area contributed by atoms with Gasteiger partial charge in [-0.05, 0) is 37.8 Å². The van der Waals surface area contributed by atoms with Gasteiger partial charge in [0.05, 0.1) is 19.3 Å². The topological polar surface area (TPSA) is 59.8 Å². The summed E-state index contributed by atoms with van der Waals surface area (Å²) < 4.78 is 9.88. The van der Waals surface area contributed by atoms with Crippen molar-refractivity contribution in [1.29, 1.82) is 0 Å². The maximum atomic E-state index is 12.1. The van der Waals surface area contributed by atoms with Crippen LogP contribution >= 0.6 is 0 Å². The van der Waals surface area contributed by atoms with Crippen molar-refractivity contribution in [2.24, 2.45) is 5.92 Å². The van der Waals surface area contributed by atoms with E-state index in [9.17, 15) is 9.59 Å². The molecule has 0 spiro atoms. The molecule has 19 heavy (non-hydrogen) atoms. The second-order valence-electron chi connectivity index (χ2n) is 4.92. The van der Waals surface area contributed by atoms with Crippen LogP contribution in [0.5, 0.6) is 0 Å². The van der Waals surface area contributed by atoms with Crippen LogP contribution in [0.25, 0.3) is 0 Å². The van der Waals surface area contributed by atoms with E-state index in [4.69, 9.17) is 9.15 Å². The lowest BCUT2D eigenvalue weighted by Crippen LogP contribution is -2.40. The van der Waals surface area contributed by atoms with Gasteiger partial charge in [-0.25, -0.2) is 0 Å². The lowest BCUT2D eigenvalue weighted by atomic mass is 9.85. The SMILES string of the molecule is COC(=O)C1CCC(N(C)C(=O)c2ccco2)CC1. The van der Waals surface area contributed by atoms with Crippen molar-refractivity contribution in [3.8, 4) is 0 Å². The largest absolute Gasteiger partial charge is 0.469 e. The molecule has 5 heteroatoms. The molecule has 1 heterocycles. The number of ether oxygens (including phenoxy) is 1. The highest BCUT2D eigenvalue weighted by molar-refractivity contribution is 5.91. The van der Waals surface area contributed by atoms with Crippen molar-refractivity contribution in [1.82, 2.24) is 4.90 Å². The third-order valence-corrected chi connectivity index (χ3v) is 3.83. The Morgan fingerprint density at radius 1 is 1.32 bits per heavy atom. The smallest absolute Gasteiger partial charge is 0.308 e. The number of furan rings is 1. The predicted molar refractivity (Wildman–Crippen MR) is 68.6 cm³/mol. The van der Waals surface area contributed by atoms with Crippen molar-refractivity contribution < 1.29 is 18.7 Å². The third kappa shape index (κ3) is 2.97. The van der Waals surface area contributed by atoms with E-state index in [1.54, 1.807) is 24.1 Å². The van der Waals surface area contributed by atoms with E-state index in [1.807, 2.05) is 0 Å². The molecule has 0 saturated heterocycles. The lowest BCUT2D eigenvalue weighted by Gasteiger charge is -2.33. The zero-order valence-electron chi connectivity index (χ0n) is 11.3. The minimum Gasteiger partial charge on any atom is -0.469 e. The Kier molecular flexibility index (Phi) is 4.24. The van der Waals surface area contributed by atoms with E-state index < -0.39 is 0 Å². The summed E-state index contributed by atoms with van der Waals surface area (Å²) in [6.07, 6.45) is 4.68. The number of esters is 1. The monoisotopic (exact) mass is 265 g/mol. The fourth-order valence-corrected chi connectivity index (χ4v) is 2.61. The van der Waals surface area contributed by atoms with Gasteiger partial charge in [0.15, 0.2) is 5.76 Å². The Morgan fingerprint density at radius 2 is 2.00 bits per heavy atom. The Morgan fingerprint density at radius 3 is 2.53 bits per heavy atom. The second kappa shape index (κ2) is 5.91. The lowest BCUT2D eigenvalue weighted by molar-refractivity contribution is -0.146. The molecule has 0 aliphatic heterocycles. The number of methoxy groups -OCH3 is 1. The Bertz CT molecular complexity index is 432. The van der Waals surface area contributed by atoms with Crippen LogP contribution in [-0.2, 0) is 9.53 Å². The summed E-state index contributed by atoms with van der Waals surface area (Å²) in [5.41, 5.74) is 0. The predicted octanol–water partition coefficient (Wildman–Crippen LogP) is 2.08. The van der Waals surface area contributed by atoms with E-state index in [-0.39, 0.29) is 23.8 Å². The van der Waals surface area contributed by atoms with Crippen LogP contribution in [0.15, 0.2) is 22.8 Å². The van der Waals surface area contributed by atoms with E-state index in [0.29, 0.717) is 5.76 Å². The highest BCUT2D eigenvalue weighted by atomic mass is 16.5. The molecule has 1 fully saturated rings. The summed E-state index contributed by atoms with van der Waals surface area (Å²) in [4.78, 5) is 25.3. The molecular weight excluding hydrogens is 246 g/mol.